The van der Waals surface area contributed by atoms with Gasteiger partial charge in [0, 0.05) is 5.69 Å². The molecule has 1 N–H and O–H groups in total. The molecule has 1 heterocycles. The van der Waals surface area contributed by atoms with Crippen molar-refractivity contribution in [3.8, 4) is 0 Å². The Morgan fingerprint density at radius 1 is 1.03 bits per heavy atom. The zero-order valence-electron chi connectivity index (χ0n) is 16.6. The summed E-state index contributed by atoms with van der Waals surface area (Å²) in [7, 11) is 0. The maximum Gasteiger partial charge on any atom is 0.294 e. The quantitative estimate of drug-likeness (QED) is 0.716. The monoisotopic (exact) mass is 406 g/mol. The highest BCUT2D eigenvalue weighted by Crippen LogP contribution is 2.31. The van der Waals surface area contributed by atoms with Gasteiger partial charge in [-0.15, -0.1) is 0 Å². The van der Waals surface area contributed by atoms with Crippen molar-refractivity contribution in [2.75, 3.05) is 11.9 Å². The molecule has 5 nitrogen and oxygen atoms in total. The molecule has 29 heavy (non-hydrogen) atoms. The molecule has 1 saturated heterocycles. The number of carbonyl (C=O) groups excluding carboxylic acids is 3. The lowest BCUT2D eigenvalue weighted by molar-refractivity contribution is -0.127. The maximum absolute atomic E-state index is 12.6. The molecule has 0 radical (unpaired) electrons. The lowest BCUT2D eigenvalue weighted by Gasteiger charge is -2.15. The topological polar surface area (TPSA) is 66.5 Å². The molecule has 148 valence electrons. The van der Waals surface area contributed by atoms with Crippen molar-refractivity contribution in [1.82, 2.24) is 4.90 Å². The molecule has 6 heteroatoms. The Morgan fingerprint density at radius 3 is 2.34 bits per heavy atom. The largest absolute Gasteiger partial charge is 0.324 e. The van der Waals surface area contributed by atoms with Crippen LogP contribution in [0.1, 0.15) is 23.6 Å². The summed E-state index contributed by atoms with van der Waals surface area (Å²) in [5.74, 6) is -0.847. The first-order chi connectivity index (χ1) is 13.8. The molecule has 0 spiro atoms. The number of allylic oxidation sites excluding steroid dienone is 2. The van der Waals surface area contributed by atoms with Gasteiger partial charge < -0.3 is 5.32 Å². The minimum atomic E-state index is -0.447. The fraction of sp³-hybridized carbons (Fsp3) is 0.174. The van der Waals surface area contributed by atoms with Crippen molar-refractivity contribution in [2.45, 2.75) is 20.8 Å². The molecule has 1 aliphatic rings. The van der Waals surface area contributed by atoms with Crippen molar-refractivity contribution in [3.05, 3.63) is 81.8 Å². The molecule has 2 aromatic rings. The second kappa shape index (κ2) is 8.92. The molecular weight excluding hydrogens is 384 g/mol. The highest BCUT2D eigenvalue weighted by atomic mass is 32.2. The summed E-state index contributed by atoms with van der Waals surface area (Å²) in [4.78, 5) is 38.7. The predicted molar refractivity (Wildman–Crippen MR) is 117 cm³/mol. The van der Waals surface area contributed by atoms with Gasteiger partial charge in [0.25, 0.3) is 11.1 Å². The molecule has 1 aliphatic heterocycles. The number of benzene rings is 2. The van der Waals surface area contributed by atoms with E-state index in [0.29, 0.717) is 10.6 Å². The molecule has 0 atom stereocenters. The van der Waals surface area contributed by atoms with E-state index in [2.05, 4.69) is 5.32 Å². The van der Waals surface area contributed by atoms with Gasteiger partial charge in [0.15, 0.2) is 0 Å². The smallest absolute Gasteiger partial charge is 0.294 e. The van der Waals surface area contributed by atoms with Crippen LogP contribution in [0.5, 0.6) is 0 Å². The number of carbonyl (C=O) groups is 3. The molecule has 0 saturated carbocycles. The van der Waals surface area contributed by atoms with E-state index in [1.807, 2.05) is 75.4 Å². The maximum atomic E-state index is 12.6. The normalized spacial score (nSPS) is 15.9. The van der Waals surface area contributed by atoms with E-state index in [9.17, 15) is 14.4 Å². The molecular formula is C23H22N2O3S. The number of hydrogen-bond acceptors (Lipinski definition) is 4. The lowest BCUT2D eigenvalue weighted by Crippen LogP contribution is -2.36. The number of nitrogens with zero attached hydrogens (tertiary/aromatic N) is 1. The molecule has 0 aliphatic carbocycles. The van der Waals surface area contributed by atoms with E-state index in [0.717, 1.165) is 38.9 Å². The van der Waals surface area contributed by atoms with Crippen LogP contribution in [0.15, 0.2) is 65.1 Å². The van der Waals surface area contributed by atoms with Gasteiger partial charge in [-0.25, -0.2) is 0 Å². The molecule has 1 fully saturated rings. The Labute approximate surface area is 174 Å². The van der Waals surface area contributed by atoms with Crippen LogP contribution in [0.4, 0.5) is 10.5 Å². The number of thioether (sulfide) groups is 1. The van der Waals surface area contributed by atoms with Crippen LogP contribution in [0, 0.1) is 13.8 Å². The summed E-state index contributed by atoms with van der Waals surface area (Å²) in [6.45, 7) is 5.35. The van der Waals surface area contributed by atoms with Gasteiger partial charge in [-0.3, -0.25) is 19.3 Å². The number of amides is 3. The standard InChI is InChI=1S/C23H22N2O3S/c1-15(12-18-10-5-4-6-11-18)13-19-22(27)25(23(28)29-19)14-20(26)24-21-16(2)8-7-9-17(21)3/h4-13H,14H2,1-3H3,(H,24,26)/b15-12+,19-13+. The van der Waals surface area contributed by atoms with Crippen LogP contribution in [-0.2, 0) is 9.59 Å². The zero-order valence-corrected chi connectivity index (χ0v) is 17.4. The fourth-order valence-electron chi connectivity index (χ4n) is 3.03. The summed E-state index contributed by atoms with van der Waals surface area (Å²) in [5, 5.41) is 2.37. The van der Waals surface area contributed by atoms with E-state index in [-0.39, 0.29) is 6.54 Å². The third kappa shape index (κ3) is 5.03. The number of aryl methyl sites for hydroxylation is 2. The van der Waals surface area contributed by atoms with Crippen LogP contribution >= 0.6 is 11.8 Å². The van der Waals surface area contributed by atoms with Crippen LogP contribution in [0.2, 0.25) is 0 Å². The molecule has 0 aromatic heterocycles. The van der Waals surface area contributed by atoms with Gasteiger partial charge in [0.1, 0.15) is 6.54 Å². The molecule has 3 rings (SSSR count). The number of anilines is 1. The van der Waals surface area contributed by atoms with Crippen molar-refractivity contribution in [2.24, 2.45) is 0 Å². The highest BCUT2D eigenvalue weighted by molar-refractivity contribution is 8.18. The van der Waals surface area contributed by atoms with Crippen molar-refractivity contribution >= 4 is 40.6 Å². The Bertz CT molecular complexity index is 1010. The van der Waals surface area contributed by atoms with E-state index in [1.165, 1.54) is 0 Å². The summed E-state index contributed by atoms with van der Waals surface area (Å²) in [6.07, 6.45) is 3.61. The third-order valence-electron chi connectivity index (χ3n) is 4.47. The molecule has 0 bridgehead atoms. The Kier molecular flexibility index (Phi) is 6.34. The number of imide groups is 1. The van der Waals surface area contributed by atoms with Gasteiger partial charge in [-0.2, -0.15) is 0 Å². The van der Waals surface area contributed by atoms with Crippen molar-refractivity contribution < 1.29 is 14.4 Å². The summed E-state index contributed by atoms with van der Waals surface area (Å²) < 4.78 is 0. The second-order valence-electron chi connectivity index (χ2n) is 6.88. The zero-order chi connectivity index (χ0) is 21.0. The minimum Gasteiger partial charge on any atom is -0.324 e. The van der Waals surface area contributed by atoms with Gasteiger partial charge in [0.2, 0.25) is 5.91 Å². The SMILES string of the molecule is CC(=C\c1ccccc1)/C=C1/SC(=O)N(CC(=O)Nc2c(C)cccc2C)C1=O. The number of para-hydroxylation sites is 1. The number of rotatable bonds is 5. The van der Waals surface area contributed by atoms with Gasteiger partial charge in [-0.05, 0) is 60.9 Å². The summed E-state index contributed by atoms with van der Waals surface area (Å²) >= 11 is 0.853. The van der Waals surface area contributed by atoms with Crippen LogP contribution in [0.3, 0.4) is 0 Å². The van der Waals surface area contributed by atoms with Crippen LogP contribution in [-0.4, -0.2) is 28.5 Å². The van der Waals surface area contributed by atoms with E-state index >= 15 is 0 Å². The van der Waals surface area contributed by atoms with Gasteiger partial charge in [-0.1, -0.05) is 54.6 Å². The van der Waals surface area contributed by atoms with E-state index in [1.54, 1.807) is 6.08 Å². The van der Waals surface area contributed by atoms with Crippen LogP contribution < -0.4 is 5.32 Å². The minimum absolute atomic E-state index is 0.308. The third-order valence-corrected chi connectivity index (χ3v) is 5.38. The lowest BCUT2D eigenvalue weighted by atomic mass is 10.1. The average molecular weight is 407 g/mol. The second-order valence-corrected chi connectivity index (χ2v) is 7.88. The van der Waals surface area contributed by atoms with Crippen molar-refractivity contribution in [3.63, 3.8) is 0 Å². The average Bonchev–Trinajstić information content (AvgIpc) is 2.93. The summed E-state index contributed by atoms with van der Waals surface area (Å²) in [6, 6.07) is 15.4. The van der Waals surface area contributed by atoms with Crippen molar-refractivity contribution in [1.29, 1.82) is 0 Å². The summed E-state index contributed by atoms with van der Waals surface area (Å²) in [5.41, 5.74) is 4.42. The Hall–Kier alpha value is -3.12. The fourth-order valence-corrected chi connectivity index (χ4v) is 3.92. The first-order valence-electron chi connectivity index (χ1n) is 9.20. The Balaban J connectivity index is 1.70. The number of hydrogen-bond donors (Lipinski definition) is 1. The van der Waals surface area contributed by atoms with Gasteiger partial charge in [0.05, 0.1) is 4.91 Å². The predicted octanol–water partition coefficient (Wildman–Crippen LogP) is 4.92. The molecule has 3 amide bonds. The number of nitrogens with one attached hydrogen (secondary N) is 1. The molecule has 0 unspecified atom stereocenters. The molecule has 2 aromatic carbocycles. The first-order valence-corrected chi connectivity index (χ1v) is 10.0. The first kappa shape index (κ1) is 20.6. The van der Waals surface area contributed by atoms with E-state index in [4.69, 9.17) is 0 Å². The van der Waals surface area contributed by atoms with Gasteiger partial charge >= 0.3 is 0 Å². The van der Waals surface area contributed by atoms with Crippen LogP contribution in [0.25, 0.3) is 6.08 Å². The highest BCUT2D eigenvalue weighted by Gasteiger charge is 2.36. The van der Waals surface area contributed by atoms with E-state index < -0.39 is 17.1 Å². The Morgan fingerprint density at radius 2 is 1.69 bits per heavy atom.